The fourth-order valence-corrected chi connectivity index (χ4v) is 0.788. The van der Waals surface area contributed by atoms with Crippen molar-refractivity contribution in [2.24, 2.45) is 0 Å². The monoisotopic (exact) mass is 182 g/mol. The topological polar surface area (TPSA) is 52.6 Å². The van der Waals surface area contributed by atoms with Crippen molar-refractivity contribution in [1.82, 2.24) is 0 Å². The molecule has 0 aliphatic carbocycles. The van der Waals surface area contributed by atoms with Crippen LogP contribution in [0.1, 0.15) is 6.42 Å². The van der Waals surface area contributed by atoms with E-state index in [0.29, 0.717) is 6.42 Å². The molecule has 1 heterocycles. The third-order valence-electron chi connectivity index (χ3n) is 1.35. The van der Waals surface area contributed by atoms with Crippen molar-refractivity contribution in [1.29, 1.82) is 0 Å². The molecule has 0 aromatic rings. The van der Waals surface area contributed by atoms with E-state index in [-0.39, 0.29) is 13.2 Å². The Bertz CT molecular complexity index is 226. The van der Waals surface area contributed by atoms with E-state index in [1.54, 1.807) is 12.2 Å². The van der Waals surface area contributed by atoms with Gasteiger partial charge in [0.05, 0.1) is 0 Å². The summed E-state index contributed by atoms with van der Waals surface area (Å²) in [5, 5.41) is 0. The van der Waals surface area contributed by atoms with Gasteiger partial charge in [-0.05, 0) is 6.42 Å². The standard InChI is InChI=1S/C9H10O4/c10-8-4-2-1-3-5-9(11)13-7-6-12-8/h2-5H,1,6-7H2/b4-2-,5-3+. The maximum atomic E-state index is 10.8. The van der Waals surface area contributed by atoms with E-state index in [1.165, 1.54) is 12.2 Å². The lowest BCUT2D eigenvalue weighted by Crippen LogP contribution is -2.10. The minimum Gasteiger partial charge on any atom is -0.459 e. The second kappa shape index (κ2) is 5.13. The van der Waals surface area contributed by atoms with Gasteiger partial charge in [-0.1, -0.05) is 12.2 Å². The van der Waals surface area contributed by atoms with Gasteiger partial charge in [0, 0.05) is 12.2 Å². The summed E-state index contributed by atoms with van der Waals surface area (Å²) in [6.07, 6.45) is 6.43. The first-order valence-electron chi connectivity index (χ1n) is 3.95. The lowest BCUT2D eigenvalue weighted by atomic mass is 10.3. The fraction of sp³-hybridized carbons (Fsp3) is 0.333. The molecule has 0 spiro atoms. The fourth-order valence-electron chi connectivity index (χ4n) is 0.788. The Kier molecular flexibility index (Phi) is 3.75. The molecule has 0 saturated carbocycles. The highest BCUT2D eigenvalue weighted by Gasteiger charge is 2.00. The summed E-state index contributed by atoms with van der Waals surface area (Å²) < 4.78 is 9.38. The molecule has 0 N–H and O–H groups in total. The summed E-state index contributed by atoms with van der Waals surface area (Å²) in [7, 11) is 0. The van der Waals surface area contributed by atoms with Gasteiger partial charge in [0.25, 0.3) is 0 Å². The largest absolute Gasteiger partial charge is 0.459 e. The van der Waals surface area contributed by atoms with Crippen LogP contribution in [-0.2, 0) is 19.1 Å². The second-order valence-electron chi connectivity index (χ2n) is 2.38. The van der Waals surface area contributed by atoms with Crippen LogP contribution in [0.4, 0.5) is 0 Å². The predicted octanol–water partition coefficient (Wildman–Crippen LogP) is 0.589. The number of hydrogen-bond acceptors (Lipinski definition) is 4. The molecule has 0 fully saturated rings. The Morgan fingerprint density at radius 2 is 1.38 bits per heavy atom. The van der Waals surface area contributed by atoms with Gasteiger partial charge in [0.2, 0.25) is 0 Å². The molecule has 1 aliphatic heterocycles. The predicted molar refractivity (Wildman–Crippen MR) is 44.8 cm³/mol. The summed E-state index contributed by atoms with van der Waals surface area (Å²) in [5.74, 6) is -0.822. The SMILES string of the molecule is O=C1/C=C\C/C=C/C(=O)OCCO1. The Morgan fingerprint density at radius 3 is 1.85 bits per heavy atom. The molecule has 0 radical (unpaired) electrons. The van der Waals surface area contributed by atoms with Crippen molar-refractivity contribution in [3.05, 3.63) is 24.3 Å². The van der Waals surface area contributed by atoms with Crippen LogP contribution in [0.15, 0.2) is 24.3 Å². The summed E-state index contributed by atoms with van der Waals surface area (Å²) in [6, 6.07) is 0. The third-order valence-corrected chi connectivity index (χ3v) is 1.35. The molecule has 0 unspecified atom stereocenters. The smallest absolute Gasteiger partial charge is 0.330 e. The van der Waals surface area contributed by atoms with E-state index < -0.39 is 11.9 Å². The van der Waals surface area contributed by atoms with Crippen molar-refractivity contribution in [3.63, 3.8) is 0 Å². The lowest BCUT2D eigenvalue weighted by molar-refractivity contribution is -0.146. The van der Waals surface area contributed by atoms with Crippen molar-refractivity contribution in [3.8, 4) is 0 Å². The minimum atomic E-state index is -0.411. The average molecular weight is 182 g/mol. The van der Waals surface area contributed by atoms with Crippen LogP contribution in [0, 0.1) is 0 Å². The number of allylic oxidation sites excluding steroid dienone is 2. The molecule has 4 heteroatoms. The molecular weight excluding hydrogens is 172 g/mol. The number of carbonyl (C=O) groups is 2. The molecule has 4 nitrogen and oxygen atoms in total. The van der Waals surface area contributed by atoms with Crippen molar-refractivity contribution in [2.75, 3.05) is 13.2 Å². The molecule has 0 amide bonds. The Morgan fingerprint density at radius 1 is 0.923 bits per heavy atom. The summed E-state index contributed by atoms with van der Waals surface area (Å²) >= 11 is 0. The normalized spacial score (nSPS) is 23.7. The van der Waals surface area contributed by atoms with E-state index in [0.717, 1.165) is 0 Å². The van der Waals surface area contributed by atoms with E-state index in [9.17, 15) is 9.59 Å². The van der Waals surface area contributed by atoms with Crippen LogP contribution in [0.3, 0.4) is 0 Å². The van der Waals surface area contributed by atoms with Gasteiger partial charge >= 0.3 is 11.9 Å². The van der Waals surface area contributed by atoms with Gasteiger partial charge in [-0.2, -0.15) is 0 Å². The van der Waals surface area contributed by atoms with Crippen LogP contribution in [0.2, 0.25) is 0 Å². The van der Waals surface area contributed by atoms with Crippen LogP contribution < -0.4 is 0 Å². The summed E-state index contributed by atoms with van der Waals surface area (Å²) in [6.45, 7) is 0.200. The molecule has 0 bridgehead atoms. The molecule has 1 rings (SSSR count). The van der Waals surface area contributed by atoms with Crippen LogP contribution in [0.25, 0.3) is 0 Å². The molecule has 1 aliphatic rings. The quantitative estimate of drug-likeness (QED) is 0.514. The number of carbonyl (C=O) groups excluding carboxylic acids is 2. The number of esters is 2. The van der Waals surface area contributed by atoms with Crippen molar-refractivity contribution in [2.45, 2.75) is 6.42 Å². The first-order valence-corrected chi connectivity index (χ1v) is 3.95. The molecular formula is C9H10O4. The molecule has 13 heavy (non-hydrogen) atoms. The molecule has 0 aromatic heterocycles. The highest BCUT2D eigenvalue weighted by Crippen LogP contribution is 1.92. The zero-order valence-electron chi connectivity index (χ0n) is 7.06. The van der Waals surface area contributed by atoms with Crippen LogP contribution in [0.5, 0.6) is 0 Å². The average Bonchev–Trinajstić information content (AvgIpc) is 2.14. The Balaban J connectivity index is 2.51. The van der Waals surface area contributed by atoms with Gasteiger partial charge in [0.1, 0.15) is 13.2 Å². The zero-order valence-corrected chi connectivity index (χ0v) is 7.06. The molecule has 0 atom stereocenters. The Labute approximate surface area is 75.8 Å². The molecule has 0 saturated heterocycles. The first kappa shape index (κ1) is 9.51. The number of cyclic esters (lactones) is 2. The van der Waals surface area contributed by atoms with Crippen molar-refractivity contribution >= 4 is 11.9 Å². The van der Waals surface area contributed by atoms with E-state index in [1.807, 2.05) is 0 Å². The maximum absolute atomic E-state index is 10.8. The number of rotatable bonds is 0. The van der Waals surface area contributed by atoms with Gasteiger partial charge in [-0.25, -0.2) is 9.59 Å². The zero-order chi connectivity index (χ0) is 9.52. The number of ether oxygens (including phenoxy) is 2. The Hall–Kier alpha value is -1.58. The van der Waals surface area contributed by atoms with E-state index in [2.05, 4.69) is 0 Å². The van der Waals surface area contributed by atoms with E-state index in [4.69, 9.17) is 9.47 Å². The van der Waals surface area contributed by atoms with Gasteiger partial charge < -0.3 is 9.47 Å². The second-order valence-corrected chi connectivity index (χ2v) is 2.38. The molecule has 70 valence electrons. The van der Waals surface area contributed by atoms with Crippen LogP contribution >= 0.6 is 0 Å². The van der Waals surface area contributed by atoms with Gasteiger partial charge in [0.15, 0.2) is 0 Å². The van der Waals surface area contributed by atoms with E-state index >= 15 is 0 Å². The minimum absolute atomic E-state index is 0.1000. The van der Waals surface area contributed by atoms with Gasteiger partial charge in [-0.15, -0.1) is 0 Å². The lowest BCUT2D eigenvalue weighted by Gasteiger charge is -2.01. The van der Waals surface area contributed by atoms with Gasteiger partial charge in [-0.3, -0.25) is 0 Å². The van der Waals surface area contributed by atoms with Crippen LogP contribution in [-0.4, -0.2) is 25.2 Å². The number of hydrogen-bond donors (Lipinski definition) is 0. The maximum Gasteiger partial charge on any atom is 0.330 e. The summed E-state index contributed by atoms with van der Waals surface area (Å²) in [5.41, 5.74) is 0. The van der Waals surface area contributed by atoms with Crippen molar-refractivity contribution < 1.29 is 19.1 Å². The molecule has 0 aromatic carbocycles. The third kappa shape index (κ3) is 4.10. The first-order chi connectivity index (χ1) is 6.29. The highest BCUT2D eigenvalue weighted by atomic mass is 16.6. The highest BCUT2D eigenvalue weighted by molar-refractivity contribution is 5.83. The summed E-state index contributed by atoms with van der Waals surface area (Å²) in [4.78, 5) is 21.6.